The fraction of sp³-hybridized carbons (Fsp3) is 0.458. The minimum absolute atomic E-state index is 0.0623. The molecule has 2 unspecified atom stereocenters. The quantitative estimate of drug-likeness (QED) is 0.719. The third kappa shape index (κ3) is 4.72. The van der Waals surface area contributed by atoms with Gasteiger partial charge < -0.3 is 5.32 Å². The smallest absolute Gasteiger partial charge is 0.224 e. The summed E-state index contributed by atoms with van der Waals surface area (Å²) in [5.74, 6) is 0.968. The van der Waals surface area contributed by atoms with Gasteiger partial charge in [-0.05, 0) is 60.4 Å². The van der Waals surface area contributed by atoms with E-state index in [9.17, 15) is 9.00 Å². The molecule has 4 rings (SSSR count). The first-order chi connectivity index (χ1) is 13.7. The van der Waals surface area contributed by atoms with E-state index in [4.69, 9.17) is 0 Å². The number of nitrogens with one attached hydrogen (secondary N) is 1. The van der Waals surface area contributed by atoms with E-state index < -0.39 is 10.8 Å². The fourth-order valence-corrected chi connectivity index (χ4v) is 6.25. The normalized spacial score (nSPS) is 20.5. The summed E-state index contributed by atoms with van der Waals surface area (Å²) in [4.78, 5) is 12.6. The number of amides is 1. The largest absolute Gasteiger partial charge is 0.326 e. The molecule has 0 bridgehead atoms. The maximum Gasteiger partial charge on any atom is 0.224 e. The number of anilines is 1. The van der Waals surface area contributed by atoms with E-state index in [1.165, 1.54) is 30.4 Å². The Kier molecular flexibility index (Phi) is 6.26. The van der Waals surface area contributed by atoms with E-state index >= 15 is 0 Å². The van der Waals surface area contributed by atoms with Crippen LogP contribution in [0.3, 0.4) is 0 Å². The van der Waals surface area contributed by atoms with Crippen LogP contribution >= 0.6 is 0 Å². The molecular formula is C24H29NO2S. The van der Waals surface area contributed by atoms with Crippen molar-refractivity contribution < 1.29 is 9.00 Å². The summed E-state index contributed by atoms with van der Waals surface area (Å²) in [6.45, 7) is 0. The third-order valence-electron chi connectivity index (χ3n) is 6.13. The molecule has 0 aromatic heterocycles. The number of aryl methyl sites for hydroxylation is 1. The Balaban J connectivity index is 1.34. The van der Waals surface area contributed by atoms with Crippen molar-refractivity contribution in [3.05, 3.63) is 65.2 Å². The average molecular weight is 396 g/mol. The van der Waals surface area contributed by atoms with Gasteiger partial charge in [0.1, 0.15) is 0 Å². The van der Waals surface area contributed by atoms with Crippen molar-refractivity contribution in [3.63, 3.8) is 0 Å². The van der Waals surface area contributed by atoms with E-state index in [1.807, 2.05) is 24.3 Å². The van der Waals surface area contributed by atoms with Gasteiger partial charge in [0, 0.05) is 33.9 Å². The summed E-state index contributed by atoms with van der Waals surface area (Å²) in [6.07, 6.45) is 8.51. The Labute approximate surface area is 170 Å². The lowest BCUT2D eigenvalue weighted by Crippen LogP contribution is -2.20. The first-order valence-corrected chi connectivity index (χ1v) is 11.9. The molecular weight excluding hydrogens is 366 g/mol. The second kappa shape index (κ2) is 9.04. The van der Waals surface area contributed by atoms with Crippen LogP contribution in [0.2, 0.25) is 0 Å². The Morgan fingerprint density at radius 3 is 2.68 bits per heavy atom. The lowest BCUT2D eigenvalue weighted by molar-refractivity contribution is -0.116. The molecule has 2 aromatic rings. The second-order valence-corrected chi connectivity index (χ2v) is 9.89. The van der Waals surface area contributed by atoms with Crippen molar-refractivity contribution in [2.75, 3.05) is 5.32 Å². The summed E-state index contributed by atoms with van der Waals surface area (Å²) < 4.78 is 12.7. The first-order valence-electron chi connectivity index (χ1n) is 10.5. The molecule has 4 heteroatoms. The van der Waals surface area contributed by atoms with Crippen LogP contribution in [0, 0.1) is 0 Å². The zero-order valence-electron chi connectivity index (χ0n) is 16.4. The van der Waals surface area contributed by atoms with Crippen molar-refractivity contribution >= 4 is 22.4 Å². The summed E-state index contributed by atoms with van der Waals surface area (Å²) in [5, 5.41) is 3.40. The van der Waals surface area contributed by atoms with Crippen LogP contribution in [-0.4, -0.2) is 15.4 Å². The zero-order chi connectivity index (χ0) is 19.3. The highest BCUT2D eigenvalue weighted by Gasteiger charge is 2.24. The lowest BCUT2D eigenvalue weighted by atomic mass is 9.97. The van der Waals surface area contributed by atoms with Crippen molar-refractivity contribution in [3.8, 4) is 0 Å². The molecule has 0 aliphatic heterocycles. The highest BCUT2D eigenvalue weighted by atomic mass is 32.2. The van der Waals surface area contributed by atoms with Gasteiger partial charge in [-0.2, -0.15) is 0 Å². The summed E-state index contributed by atoms with van der Waals surface area (Å²) in [6, 6.07) is 16.3. The average Bonchev–Trinajstić information content (AvgIpc) is 3.12. The van der Waals surface area contributed by atoms with Crippen LogP contribution in [0.1, 0.15) is 67.6 Å². The second-order valence-electron chi connectivity index (χ2n) is 8.17. The number of rotatable bonds is 6. The zero-order valence-corrected chi connectivity index (χ0v) is 17.2. The standard InChI is InChI=1S/C24H29NO2S/c26-24(16-20-14-13-19-8-4-5-12-23(19)20)25-21-9-6-7-18(15-21)17-28(27)22-10-2-1-3-11-22/h4-9,12,15,20,22H,1-3,10-11,13-14,16-17H2,(H,25,26). The number of carbonyl (C=O) groups is 1. The molecule has 0 radical (unpaired) electrons. The molecule has 3 nitrogen and oxygen atoms in total. The SMILES string of the molecule is O=C(CC1CCc2ccccc21)Nc1cccc(CS(=O)C2CCCCC2)c1. The van der Waals surface area contributed by atoms with Crippen LogP contribution in [0.5, 0.6) is 0 Å². The number of benzene rings is 2. The predicted molar refractivity (Wildman–Crippen MR) is 116 cm³/mol. The van der Waals surface area contributed by atoms with Gasteiger partial charge in [0.15, 0.2) is 0 Å². The Bertz CT molecular complexity index is 857. The number of hydrogen-bond acceptors (Lipinski definition) is 2. The molecule has 0 saturated heterocycles. The number of carbonyl (C=O) groups excluding carboxylic acids is 1. The van der Waals surface area contributed by atoms with Crippen LogP contribution < -0.4 is 5.32 Å². The maximum absolute atomic E-state index is 12.7. The molecule has 1 fully saturated rings. The van der Waals surface area contributed by atoms with Gasteiger partial charge in [-0.1, -0.05) is 55.7 Å². The van der Waals surface area contributed by atoms with Crippen LogP contribution in [0.25, 0.3) is 0 Å². The maximum atomic E-state index is 12.7. The van der Waals surface area contributed by atoms with Gasteiger partial charge in [0.25, 0.3) is 0 Å². The molecule has 2 aliphatic rings. The van der Waals surface area contributed by atoms with Crippen molar-refractivity contribution in [2.24, 2.45) is 0 Å². The fourth-order valence-electron chi connectivity index (χ4n) is 4.64. The van der Waals surface area contributed by atoms with E-state index in [2.05, 4.69) is 29.6 Å². The van der Waals surface area contributed by atoms with Crippen molar-refractivity contribution in [1.29, 1.82) is 0 Å². The molecule has 148 valence electrons. The third-order valence-corrected chi connectivity index (χ3v) is 7.97. The molecule has 1 N–H and O–H groups in total. The van der Waals surface area contributed by atoms with Gasteiger partial charge in [-0.3, -0.25) is 9.00 Å². The molecule has 28 heavy (non-hydrogen) atoms. The van der Waals surface area contributed by atoms with Crippen molar-refractivity contribution in [1.82, 2.24) is 0 Å². The van der Waals surface area contributed by atoms with Crippen LogP contribution in [0.4, 0.5) is 5.69 Å². The predicted octanol–water partition coefficient (Wildman–Crippen LogP) is 5.33. The Morgan fingerprint density at radius 1 is 1.00 bits per heavy atom. The topological polar surface area (TPSA) is 46.2 Å². The van der Waals surface area contributed by atoms with Gasteiger partial charge >= 0.3 is 0 Å². The van der Waals surface area contributed by atoms with Gasteiger partial charge in [0.2, 0.25) is 5.91 Å². The molecule has 2 aliphatic carbocycles. The molecule has 2 atom stereocenters. The first kappa shape index (κ1) is 19.4. The Morgan fingerprint density at radius 2 is 1.82 bits per heavy atom. The van der Waals surface area contributed by atoms with E-state index in [0.29, 0.717) is 23.3 Å². The van der Waals surface area contributed by atoms with E-state index in [0.717, 1.165) is 36.9 Å². The van der Waals surface area contributed by atoms with Crippen LogP contribution in [0.15, 0.2) is 48.5 Å². The summed E-state index contributed by atoms with van der Waals surface area (Å²) in [5.41, 5.74) is 4.57. The monoisotopic (exact) mass is 395 g/mol. The number of fused-ring (bicyclic) bond motifs is 1. The van der Waals surface area contributed by atoms with Gasteiger partial charge in [0.05, 0.1) is 0 Å². The Hall–Kier alpha value is -1.94. The lowest BCUT2D eigenvalue weighted by Gasteiger charge is -2.21. The highest BCUT2D eigenvalue weighted by molar-refractivity contribution is 7.84. The van der Waals surface area contributed by atoms with E-state index in [-0.39, 0.29) is 5.91 Å². The molecule has 1 saturated carbocycles. The molecule has 0 spiro atoms. The number of hydrogen-bond donors (Lipinski definition) is 1. The van der Waals surface area contributed by atoms with E-state index in [1.54, 1.807) is 0 Å². The molecule has 0 heterocycles. The van der Waals surface area contributed by atoms with Crippen molar-refractivity contribution in [2.45, 2.75) is 68.3 Å². The molecule has 1 amide bonds. The summed E-state index contributed by atoms with van der Waals surface area (Å²) >= 11 is 0. The minimum Gasteiger partial charge on any atom is -0.326 e. The van der Waals surface area contributed by atoms with Gasteiger partial charge in [-0.15, -0.1) is 0 Å². The van der Waals surface area contributed by atoms with Crippen LogP contribution in [-0.2, 0) is 27.8 Å². The van der Waals surface area contributed by atoms with Gasteiger partial charge in [-0.25, -0.2) is 0 Å². The highest BCUT2D eigenvalue weighted by Crippen LogP contribution is 2.35. The minimum atomic E-state index is -0.820. The summed E-state index contributed by atoms with van der Waals surface area (Å²) in [7, 11) is -0.820. The molecule has 2 aromatic carbocycles.